The summed E-state index contributed by atoms with van der Waals surface area (Å²) in [5, 5.41) is 8.34. The minimum absolute atomic E-state index is 0.0552. The SMILES string of the molecule is CCc1ccccc1NC(=O)CNC(=O)CCC1Cc2ccccc2NC1=O. The number of hydrogen-bond donors (Lipinski definition) is 3. The molecule has 1 atom stereocenters. The lowest BCUT2D eigenvalue weighted by Crippen LogP contribution is -2.34. The van der Waals surface area contributed by atoms with Gasteiger partial charge in [0.25, 0.3) is 0 Å². The first-order valence-corrected chi connectivity index (χ1v) is 9.60. The Morgan fingerprint density at radius 1 is 1.07 bits per heavy atom. The van der Waals surface area contributed by atoms with Gasteiger partial charge < -0.3 is 16.0 Å². The van der Waals surface area contributed by atoms with E-state index in [1.54, 1.807) is 0 Å². The molecule has 6 heteroatoms. The molecular weight excluding hydrogens is 354 g/mol. The van der Waals surface area contributed by atoms with Crippen molar-refractivity contribution in [2.24, 2.45) is 5.92 Å². The molecule has 0 saturated carbocycles. The summed E-state index contributed by atoms with van der Waals surface area (Å²) in [6.07, 6.45) is 2.10. The monoisotopic (exact) mass is 379 g/mol. The predicted octanol–water partition coefficient (Wildman–Crippen LogP) is 2.89. The van der Waals surface area contributed by atoms with Gasteiger partial charge in [-0.25, -0.2) is 0 Å². The predicted molar refractivity (Wildman–Crippen MR) is 109 cm³/mol. The van der Waals surface area contributed by atoms with Crippen LogP contribution in [0.3, 0.4) is 0 Å². The molecule has 1 heterocycles. The van der Waals surface area contributed by atoms with Gasteiger partial charge in [0, 0.05) is 23.7 Å². The van der Waals surface area contributed by atoms with Gasteiger partial charge in [0.1, 0.15) is 0 Å². The fourth-order valence-electron chi connectivity index (χ4n) is 3.36. The Hall–Kier alpha value is -3.15. The Bertz CT molecular complexity index is 879. The van der Waals surface area contributed by atoms with E-state index in [0.29, 0.717) is 12.8 Å². The van der Waals surface area contributed by atoms with Gasteiger partial charge in [-0.2, -0.15) is 0 Å². The first kappa shape index (κ1) is 19.6. The molecule has 0 spiro atoms. The highest BCUT2D eigenvalue weighted by molar-refractivity contribution is 5.96. The van der Waals surface area contributed by atoms with Crippen LogP contribution in [0.2, 0.25) is 0 Å². The topological polar surface area (TPSA) is 87.3 Å². The summed E-state index contributed by atoms with van der Waals surface area (Å²) < 4.78 is 0. The molecule has 0 aliphatic carbocycles. The minimum Gasteiger partial charge on any atom is -0.347 e. The second-order valence-corrected chi connectivity index (χ2v) is 6.92. The molecule has 146 valence electrons. The van der Waals surface area contributed by atoms with Crippen LogP contribution in [-0.2, 0) is 27.2 Å². The number of rotatable bonds is 7. The molecule has 2 aromatic rings. The fourth-order valence-corrected chi connectivity index (χ4v) is 3.36. The summed E-state index contributed by atoms with van der Waals surface area (Å²) in [7, 11) is 0. The number of fused-ring (bicyclic) bond motifs is 1. The highest BCUT2D eigenvalue weighted by Crippen LogP contribution is 2.27. The second-order valence-electron chi connectivity index (χ2n) is 6.92. The first-order valence-electron chi connectivity index (χ1n) is 9.60. The molecule has 28 heavy (non-hydrogen) atoms. The summed E-state index contributed by atoms with van der Waals surface area (Å²) in [4.78, 5) is 36.4. The zero-order valence-electron chi connectivity index (χ0n) is 16.0. The number of hydrogen-bond acceptors (Lipinski definition) is 3. The van der Waals surface area contributed by atoms with E-state index in [4.69, 9.17) is 0 Å². The average Bonchev–Trinajstić information content (AvgIpc) is 2.71. The van der Waals surface area contributed by atoms with Gasteiger partial charge in [-0.05, 0) is 42.5 Å². The summed E-state index contributed by atoms with van der Waals surface area (Å²) >= 11 is 0. The zero-order chi connectivity index (χ0) is 19.9. The van der Waals surface area contributed by atoms with Crippen LogP contribution in [0.25, 0.3) is 0 Å². The lowest BCUT2D eigenvalue weighted by atomic mass is 9.89. The van der Waals surface area contributed by atoms with Crippen molar-refractivity contribution in [3.63, 3.8) is 0 Å². The molecule has 1 aliphatic heterocycles. The maximum Gasteiger partial charge on any atom is 0.243 e. The molecule has 6 nitrogen and oxygen atoms in total. The van der Waals surface area contributed by atoms with Crippen molar-refractivity contribution in [1.82, 2.24) is 5.32 Å². The van der Waals surface area contributed by atoms with Crippen LogP contribution in [-0.4, -0.2) is 24.3 Å². The molecule has 3 rings (SSSR count). The number of amides is 3. The lowest BCUT2D eigenvalue weighted by Gasteiger charge is -2.24. The summed E-state index contributed by atoms with van der Waals surface area (Å²) in [6.45, 7) is 1.93. The van der Waals surface area contributed by atoms with Crippen LogP contribution >= 0.6 is 0 Å². The summed E-state index contributed by atoms with van der Waals surface area (Å²) in [5.74, 6) is -0.782. The molecule has 0 fully saturated rings. The van der Waals surface area contributed by atoms with E-state index in [0.717, 1.165) is 28.9 Å². The van der Waals surface area contributed by atoms with Crippen molar-refractivity contribution >= 4 is 29.1 Å². The van der Waals surface area contributed by atoms with E-state index >= 15 is 0 Å². The second kappa shape index (κ2) is 9.17. The normalized spacial score (nSPS) is 15.3. The highest BCUT2D eigenvalue weighted by atomic mass is 16.2. The number of aryl methyl sites for hydroxylation is 1. The largest absolute Gasteiger partial charge is 0.347 e. The Morgan fingerprint density at radius 3 is 2.64 bits per heavy atom. The Labute approximate surface area is 164 Å². The third-order valence-electron chi connectivity index (χ3n) is 4.95. The van der Waals surface area contributed by atoms with Gasteiger partial charge in [0.05, 0.1) is 6.54 Å². The summed E-state index contributed by atoms with van der Waals surface area (Å²) in [6, 6.07) is 15.3. The van der Waals surface area contributed by atoms with Crippen LogP contribution in [0, 0.1) is 5.92 Å². The van der Waals surface area contributed by atoms with Gasteiger partial charge in [-0.3, -0.25) is 14.4 Å². The summed E-state index contributed by atoms with van der Waals surface area (Å²) in [5.41, 5.74) is 3.74. The third kappa shape index (κ3) is 4.97. The molecule has 1 aliphatic rings. The zero-order valence-corrected chi connectivity index (χ0v) is 16.0. The van der Waals surface area contributed by atoms with Gasteiger partial charge in [0.15, 0.2) is 0 Å². The molecule has 2 aromatic carbocycles. The maximum absolute atomic E-state index is 12.2. The molecule has 0 bridgehead atoms. The number of para-hydroxylation sites is 2. The molecule has 0 aromatic heterocycles. The standard InChI is InChI=1S/C22H25N3O3/c1-2-15-7-3-5-9-18(15)24-21(27)14-23-20(26)12-11-17-13-16-8-4-6-10-19(16)25-22(17)28/h3-10,17H,2,11-14H2,1H3,(H,23,26)(H,24,27)(H,25,28). The van der Waals surface area contributed by atoms with Crippen LogP contribution in [0.5, 0.6) is 0 Å². The smallest absolute Gasteiger partial charge is 0.243 e. The average molecular weight is 379 g/mol. The number of anilines is 2. The number of nitrogens with one attached hydrogen (secondary N) is 3. The van der Waals surface area contributed by atoms with Crippen molar-refractivity contribution < 1.29 is 14.4 Å². The van der Waals surface area contributed by atoms with E-state index in [1.807, 2.05) is 55.5 Å². The highest BCUT2D eigenvalue weighted by Gasteiger charge is 2.26. The van der Waals surface area contributed by atoms with E-state index in [1.165, 1.54) is 0 Å². The van der Waals surface area contributed by atoms with E-state index in [2.05, 4.69) is 16.0 Å². The van der Waals surface area contributed by atoms with E-state index in [9.17, 15) is 14.4 Å². The Balaban J connectivity index is 1.43. The van der Waals surface area contributed by atoms with Crippen LogP contribution in [0.4, 0.5) is 11.4 Å². The van der Waals surface area contributed by atoms with Crippen LogP contribution < -0.4 is 16.0 Å². The molecular formula is C22H25N3O3. The molecule has 3 N–H and O–H groups in total. The number of carbonyl (C=O) groups is 3. The van der Waals surface area contributed by atoms with E-state index < -0.39 is 0 Å². The third-order valence-corrected chi connectivity index (χ3v) is 4.95. The van der Waals surface area contributed by atoms with Crippen LogP contribution in [0.15, 0.2) is 48.5 Å². The first-order chi connectivity index (χ1) is 13.6. The number of carbonyl (C=O) groups excluding carboxylic acids is 3. The molecule has 0 saturated heterocycles. The Morgan fingerprint density at radius 2 is 1.82 bits per heavy atom. The number of benzene rings is 2. The molecule has 1 unspecified atom stereocenters. The maximum atomic E-state index is 12.2. The quantitative estimate of drug-likeness (QED) is 0.691. The van der Waals surface area contributed by atoms with Gasteiger partial charge >= 0.3 is 0 Å². The minimum atomic E-state index is -0.265. The Kier molecular flexibility index (Phi) is 6.42. The van der Waals surface area contributed by atoms with Crippen molar-refractivity contribution in [3.8, 4) is 0 Å². The van der Waals surface area contributed by atoms with Crippen molar-refractivity contribution in [2.45, 2.75) is 32.6 Å². The fraction of sp³-hybridized carbons (Fsp3) is 0.318. The van der Waals surface area contributed by atoms with Gasteiger partial charge in [0.2, 0.25) is 17.7 Å². The van der Waals surface area contributed by atoms with Gasteiger partial charge in [-0.15, -0.1) is 0 Å². The van der Waals surface area contributed by atoms with Crippen molar-refractivity contribution in [1.29, 1.82) is 0 Å². The van der Waals surface area contributed by atoms with Gasteiger partial charge in [-0.1, -0.05) is 43.3 Å². The van der Waals surface area contributed by atoms with Crippen molar-refractivity contribution in [3.05, 3.63) is 59.7 Å². The van der Waals surface area contributed by atoms with E-state index in [-0.39, 0.29) is 36.6 Å². The van der Waals surface area contributed by atoms with Crippen LogP contribution in [0.1, 0.15) is 30.9 Å². The van der Waals surface area contributed by atoms with Crippen molar-refractivity contribution in [2.75, 3.05) is 17.2 Å². The molecule has 0 radical (unpaired) electrons. The lowest BCUT2D eigenvalue weighted by molar-refractivity contribution is -0.125. The molecule has 3 amide bonds.